The highest BCUT2D eigenvalue weighted by molar-refractivity contribution is 5.91. The van der Waals surface area contributed by atoms with E-state index in [9.17, 15) is 19.5 Å². The molecule has 2 aromatic carbocycles. The second-order valence-corrected chi connectivity index (χ2v) is 6.40. The van der Waals surface area contributed by atoms with Crippen LogP contribution in [0.5, 0.6) is 5.88 Å². The van der Waals surface area contributed by atoms with Gasteiger partial charge in [0, 0.05) is 6.21 Å². The van der Waals surface area contributed by atoms with Gasteiger partial charge in [-0.25, -0.2) is 14.2 Å². The summed E-state index contributed by atoms with van der Waals surface area (Å²) in [6, 6.07) is 11.5. The van der Waals surface area contributed by atoms with Crippen molar-refractivity contribution in [2.24, 2.45) is 4.99 Å². The van der Waals surface area contributed by atoms with Crippen molar-refractivity contribution < 1.29 is 14.6 Å². The molecule has 0 aliphatic rings. The van der Waals surface area contributed by atoms with Gasteiger partial charge in [0.25, 0.3) is 5.56 Å². The molecule has 1 heterocycles. The molecule has 3 rings (SSSR count). The summed E-state index contributed by atoms with van der Waals surface area (Å²) in [5, 5.41) is 10.6. The highest BCUT2D eigenvalue weighted by atomic mass is 16.5. The number of carbonyl (C=O) groups excluding carboxylic acids is 1. The molecule has 0 amide bonds. The number of rotatable bonds is 4. The zero-order chi connectivity index (χ0) is 21.1. The second-order valence-electron chi connectivity index (χ2n) is 6.40. The Balaban J connectivity index is 2.08. The number of esters is 1. The predicted octanol–water partition coefficient (Wildman–Crippen LogP) is 2.39. The molecule has 0 saturated carbocycles. The van der Waals surface area contributed by atoms with Gasteiger partial charge in [-0.2, -0.15) is 0 Å². The van der Waals surface area contributed by atoms with E-state index in [1.807, 2.05) is 19.9 Å². The molecule has 0 spiro atoms. The van der Waals surface area contributed by atoms with Crippen molar-refractivity contribution in [3.63, 3.8) is 0 Å². The second kappa shape index (κ2) is 7.97. The normalized spacial score (nSPS) is 11.0. The molecule has 1 aromatic heterocycles. The summed E-state index contributed by atoms with van der Waals surface area (Å²) in [4.78, 5) is 42.5. The molecule has 0 saturated heterocycles. The average Bonchev–Trinajstić information content (AvgIpc) is 2.69. The van der Waals surface area contributed by atoms with Gasteiger partial charge in [0.2, 0.25) is 5.88 Å². The first-order valence-electron chi connectivity index (χ1n) is 8.70. The molecule has 0 bridgehead atoms. The highest BCUT2D eigenvalue weighted by Crippen LogP contribution is 2.20. The Hall–Kier alpha value is -3.94. The molecule has 29 heavy (non-hydrogen) atoms. The van der Waals surface area contributed by atoms with Gasteiger partial charge in [-0.3, -0.25) is 14.8 Å². The van der Waals surface area contributed by atoms with E-state index in [0.29, 0.717) is 16.9 Å². The molecule has 0 radical (unpaired) electrons. The first-order chi connectivity index (χ1) is 13.8. The van der Waals surface area contributed by atoms with Crippen LogP contribution in [0.1, 0.15) is 27.0 Å². The number of hydrogen-bond donors (Lipinski definition) is 2. The topological polar surface area (TPSA) is 114 Å². The molecule has 0 unspecified atom stereocenters. The summed E-state index contributed by atoms with van der Waals surface area (Å²) < 4.78 is 5.66. The quantitative estimate of drug-likeness (QED) is 0.522. The van der Waals surface area contributed by atoms with Gasteiger partial charge < -0.3 is 9.84 Å². The minimum atomic E-state index is -0.777. The van der Waals surface area contributed by atoms with Crippen LogP contribution in [-0.4, -0.2) is 34.0 Å². The zero-order valence-corrected chi connectivity index (χ0v) is 16.1. The number of aromatic hydroxyl groups is 1. The number of aliphatic imine (C=N–C) groups is 1. The maximum atomic E-state index is 12.3. The molecular weight excluding hydrogens is 374 g/mol. The average molecular weight is 393 g/mol. The number of carbonyl (C=O) groups is 1. The van der Waals surface area contributed by atoms with Gasteiger partial charge in [-0.1, -0.05) is 12.1 Å². The Bertz CT molecular complexity index is 1240. The van der Waals surface area contributed by atoms with Crippen LogP contribution < -0.4 is 11.2 Å². The van der Waals surface area contributed by atoms with Gasteiger partial charge >= 0.3 is 11.7 Å². The third kappa shape index (κ3) is 4.01. The van der Waals surface area contributed by atoms with Crippen molar-refractivity contribution in [1.29, 1.82) is 0 Å². The minimum Gasteiger partial charge on any atom is -0.493 e. The van der Waals surface area contributed by atoms with Crippen LogP contribution in [0.4, 0.5) is 5.69 Å². The van der Waals surface area contributed by atoms with Crippen molar-refractivity contribution in [1.82, 2.24) is 9.55 Å². The lowest BCUT2D eigenvalue weighted by atomic mass is 10.1. The van der Waals surface area contributed by atoms with Gasteiger partial charge in [-0.15, -0.1) is 0 Å². The molecule has 8 heteroatoms. The Morgan fingerprint density at radius 2 is 1.90 bits per heavy atom. The van der Waals surface area contributed by atoms with Gasteiger partial charge in [0.15, 0.2) is 0 Å². The number of aromatic amines is 1. The van der Waals surface area contributed by atoms with Crippen LogP contribution in [0, 0.1) is 13.8 Å². The van der Waals surface area contributed by atoms with Gasteiger partial charge in [-0.05, 0) is 55.3 Å². The van der Waals surface area contributed by atoms with Gasteiger partial charge in [0.05, 0.1) is 24.0 Å². The van der Waals surface area contributed by atoms with Crippen LogP contribution in [0.15, 0.2) is 57.0 Å². The summed E-state index contributed by atoms with van der Waals surface area (Å²) in [6.07, 6.45) is 1.14. The lowest BCUT2D eigenvalue weighted by Gasteiger charge is -2.11. The number of ether oxygens (including phenoxy) is 1. The van der Waals surface area contributed by atoms with Crippen molar-refractivity contribution in [2.75, 3.05) is 7.11 Å². The Kier molecular flexibility index (Phi) is 5.45. The smallest absolute Gasteiger partial charge is 0.337 e. The number of methoxy groups -OCH3 is 1. The first kappa shape index (κ1) is 19.8. The molecule has 0 aliphatic carbocycles. The maximum Gasteiger partial charge on any atom is 0.337 e. The lowest BCUT2D eigenvalue weighted by molar-refractivity contribution is 0.0600. The van der Waals surface area contributed by atoms with Crippen LogP contribution in [0.2, 0.25) is 0 Å². The molecule has 0 fully saturated rings. The fraction of sp³-hybridized carbons (Fsp3) is 0.143. The number of benzene rings is 2. The van der Waals surface area contributed by atoms with Crippen LogP contribution in [-0.2, 0) is 4.74 Å². The Morgan fingerprint density at radius 3 is 2.59 bits per heavy atom. The summed E-state index contributed by atoms with van der Waals surface area (Å²) in [6.45, 7) is 3.80. The fourth-order valence-corrected chi connectivity index (χ4v) is 2.73. The van der Waals surface area contributed by atoms with E-state index in [0.717, 1.165) is 21.9 Å². The number of nitrogens with one attached hydrogen (secondary N) is 1. The van der Waals surface area contributed by atoms with E-state index in [1.54, 1.807) is 30.3 Å². The summed E-state index contributed by atoms with van der Waals surface area (Å²) >= 11 is 0. The molecule has 0 atom stereocenters. The summed E-state index contributed by atoms with van der Waals surface area (Å²) in [5.41, 5.74) is 1.30. The molecule has 8 nitrogen and oxygen atoms in total. The van der Waals surface area contributed by atoms with Crippen molar-refractivity contribution in [2.45, 2.75) is 13.8 Å². The van der Waals surface area contributed by atoms with E-state index in [-0.39, 0.29) is 5.56 Å². The summed E-state index contributed by atoms with van der Waals surface area (Å²) in [7, 11) is 1.27. The third-order valence-corrected chi connectivity index (χ3v) is 4.48. The van der Waals surface area contributed by atoms with Crippen molar-refractivity contribution >= 4 is 17.9 Å². The monoisotopic (exact) mass is 393 g/mol. The van der Waals surface area contributed by atoms with E-state index in [4.69, 9.17) is 0 Å². The van der Waals surface area contributed by atoms with E-state index in [2.05, 4.69) is 14.7 Å². The number of hydrogen-bond acceptors (Lipinski definition) is 6. The number of aromatic nitrogens is 2. The molecule has 2 N–H and O–H groups in total. The molecule has 3 aromatic rings. The largest absolute Gasteiger partial charge is 0.493 e. The van der Waals surface area contributed by atoms with Crippen LogP contribution in [0.3, 0.4) is 0 Å². The predicted molar refractivity (Wildman–Crippen MR) is 109 cm³/mol. The molecular formula is C21H19N3O5. The zero-order valence-electron chi connectivity index (χ0n) is 16.1. The first-order valence-corrected chi connectivity index (χ1v) is 8.70. The van der Waals surface area contributed by atoms with Crippen LogP contribution >= 0.6 is 0 Å². The van der Waals surface area contributed by atoms with Crippen LogP contribution in [0.25, 0.3) is 5.69 Å². The lowest BCUT2D eigenvalue weighted by Crippen LogP contribution is -2.31. The molecule has 148 valence electrons. The number of nitrogens with zero attached hydrogens (tertiary/aromatic N) is 2. The minimum absolute atomic E-state index is 0.189. The number of aryl methyl sites for hydroxylation is 2. The Morgan fingerprint density at radius 1 is 1.14 bits per heavy atom. The van der Waals surface area contributed by atoms with E-state index >= 15 is 0 Å². The maximum absolute atomic E-state index is 12.3. The standard InChI is InChI=1S/C21H19N3O5/c1-12-7-8-16(9-13(12)2)24-19(26)17(18(25)23-21(24)28)11-22-15-6-4-5-14(10-15)20(27)29-3/h4-11,26H,1-3H3,(H,23,25,28). The van der Waals surface area contributed by atoms with Gasteiger partial charge in [0.1, 0.15) is 5.56 Å². The Labute approximate surface area is 165 Å². The third-order valence-electron chi connectivity index (χ3n) is 4.48. The SMILES string of the molecule is COC(=O)c1cccc(N=Cc2c(O)n(-c3ccc(C)c(C)c3)c(=O)[nH]c2=O)c1. The van der Waals surface area contributed by atoms with Crippen molar-refractivity contribution in [3.8, 4) is 11.6 Å². The fourth-order valence-electron chi connectivity index (χ4n) is 2.73. The summed E-state index contributed by atoms with van der Waals surface area (Å²) in [5.74, 6) is -1.05. The highest BCUT2D eigenvalue weighted by Gasteiger charge is 2.15. The molecule has 0 aliphatic heterocycles. The number of H-pyrrole nitrogens is 1. The van der Waals surface area contributed by atoms with E-state index < -0.39 is 23.1 Å². The van der Waals surface area contributed by atoms with E-state index in [1.165, 1.54) is 13.2 Å². The van der Waals surface area contributed by atoms with Crippen molar-refractivity contribution in [3.05, 3.63) is 85.6 Å².